The van der Waals surface area contributed by atoms with Gasteiger partial charge in [0.05, 0.1) is 16.4 Å². The Morgan fingerprint density at radius 3 is 2.55 bits per heavy atom. The van der Waals surface area contributed by atoms with Gasteiger partial charge in [0, 0.05) is 17.6 Å². The van der Waals surface area contributed by atoms with Crippen molar-refractivity contribution in [2.45, 2.75) is 42.6 Å². The SMILES string of the molecule is CS(=O)(=O)c1ccc(CCC(=O)c2cc3c(s2)C2(CCNCC2)OCC3)cc1.Cl. The molecule has 2 aliphatic rings. The number of carbonyl (C=O) groups is 1. The molecule has 1 N–H and O–H groups in total. The van der Waals surface area contributed by atoms with Crippen LogP contribution in [0.5, 0.6) is 0 Å². The Kier molecular flexibility index (Phi) is 6.85. The normalized spacial score (nSPS) is 18.1. The summed E-state index contributed by atoms with van der Waals surface area (Å²) in [6.07, 6.45) is 5.02. The average Bonchev–Trinajstić information content (AvgIpc) is 3.13. The zero-order chi connectivity index (χ0) is 19.8. The third kappa shape index (κ3) is 4.75. The number of fused-ring (bicyclic) bond motifs is 2. The lowest BCUT2D eigenvalue weighted by atomic mass is 9.86. The molecule has 158 valence electrons. The number of hydrogen-bond donors (Lipinski definition) is 1. The van der Waals surface area contributed by atoms with E-state index in [0.29, 0.717) is 17.7 Å². The molecular weight excluding hydrogens is 430 g/mol. The summed E-state index contributed by atoms with van der Waals surface area (Å²) < 4.78 is 29.3. The molecule has 1 aromatic heterocycles. The molecule has 1 fully saturated rings. The number of rotatable bonds is 5. The Balaban J connectivity index is 0.00000240. The van der Waals surface area contributed by atoms with Gasteiger partial charge in [0.2, 0.25) is 0 Å². The Morgan fingerprint density at radius 2 is 1.90 bits per heavy atom. The second-order valence-corrected chi connectivity index (χ2v) is 10.7. The van der Waals surface area contributed by atoms with E-state index < -0.39 is 9.84 Å². The minimum absolute atomic E-state index is 0. The maximum Gasteiger partial charge on any atom is 0.175 e. The fourth-order valence-electron chi connectivity index (χ4n) is 4.05. The first-order valence-corrected chi connectivity index (χ1v) is 12.4. The molecule has 1 aromatic carbocycles. The number of nitrogens with one attached hydrogen (secondary N) is 1. The van der Waals surface area contributed by atoms with Crippen molar-refractivity contribution in [2.24, 2.45) is 0 Å². The number of carbonyl (C=O) groups excluding carboxylic acids is 1. The average molecular weight is 456 g/mol. The number of hydrogen-bond acceptors (Lipinski definition) is 6. The van der Waals surface area contributed by atoms with E-state index in [1.807, 2.05) is 0 Å². The number of halogens is 1. The van der Waals surface area contributed by atoms with Crippen LogP contribution in [0.4, 0.5) is 0 Å². The largest absolute Gasteiger partial charge is 0.369 e. The molecule has 0 atom stereocenters. The molecule has 0 aliphatic carbocycles. The number of Topliss-reactive ketones (excluding diaryl/α,β-unsaturated/α-hetero) is 1. The molecule has 1 saturated heterocycles. The molecule has 0 saturated carbocycles. The highest BCUT2D eigenvalue weighted by atomic mass is 35.5. The standard InChI is InChI=1S/C21H25NO4S2.ClH/c1-28(24,25)17-5-2-15(3-6-17)4-7-18(23)19-14-16-8-13-26-21(20(16)27-19)9-11-22-12-10-21;/h2-3,5-6,14,22H,4,7-13H2,1H3;1H. The van der Waals surface area contributed by atoms with Gasteiger partial charge in [0.25, 0.3) is 0 Å². The summed E-state index contributed by atoms with van der Waals surface area (Å²) >= 11 is 1.61. The molecule has 0 radical (unpaired) electrons. The minimum atomic E-state index is -3.19. The van der Waals surface area contributed by atoms with Gasteiger partial charge in [-0.2, -0.15) is 0 Å². The number of piperidine rings is 1. The molecule has 2 aliphatic heterocycles. The van der Waals surface area contributed by atoms with Gasteiger partial charge < -0.3 is 10.1 Å². The molecule has 3 heterocycles. The molecule has 0 amide bonds. The minimum Gasteiger partial charge on any atom is -0.369 e. The number of thiophene rings is 1. The van der Waals surface area contributed by atoms with Crippen molar-refractivity contribution in [1.82, 2.24) is 5.32 Å². The van der Waals surface area contributed by atoms with Crippen LogP contribution in [0, 0.1) is 0 Å². The van der Waals surface area contributed by atoms with E-state index in [-0.39, 0.29) is 23.8 Å². The van der Waals surface area contributed by atoms with E-state index in [1.54, 1.807) is 35.6 Å². The quantitative estimate of drug-likeness (QED) is 0.698. The van der Waals surface area contributed by atoms with Crippen molar-refractivity contribution in [2.75, 3.05) is 26.0 Å². The number of ether oxygens (including phenoxy) is 1. The summed E-state index contributed by atoms with van der Waals surface area (Å²) in [5, 5.41) is 3.39. The van der Waals surface area contributed by atoms with Crippen LogP contribution in [-0.4, -0.2) is 40.2 Å². The number of aryl methyl sites for hydroxylation is 1. The van der Waals surface area contributed by atoms with Crippen LogP contribution in [0.15, 0.2) is 35.2 Å². The van der Waals surface area contributed by atoms with Crippen LogP contribution >= 0.6 is 23.7 Å². The Bertz CT molecular complexity index is 977. The maximum atomic E-state index is 12.8. The van der Waals surface area contributed by atoms with E-state index in [9.17, 15) is 13.2 Å². The Hall–Kier alpha value is -1.25. The predicted molar refractivity (Wildman–Crippen MR) is 117 cm³/mol. The van der Waals surface area contributed by atoms with Gasteiger partial charge in [-0.25, -0.2) is 8.42 Å². The van der Waals surface area contributed by atoms with Crippen molar-refractivity contribution in [1.29, 1.82) is 0 Å². The molecule has 8 heteroatoms. The zero-order valence-corrected chi connectivity index (χ0v) is 18.9. The highest BCUT2D eigenvalue weighted by Gasteiger charge is 2.41. The molecule has 4 rings (SSSR count). The first-order valence-electron chi connectivity index (χ1n) is 9.67. The zero-order valence-electron chi connectivity index (χ0n) is 16.4. The van der Waals surface area contributed by atoms with Gasteiger partial charge in [0.15, 0.2) is 15.6 Å². The fraction of sp³-hybridized carbons (Fsp3) is 0.476. The summed E-state index contributed by atoms with van der Waals surface area (Å²) in [6.45, 7) is 2.62. The Labute approximate surface area is 182 Å². The van der Waals surface area contributed by atoms with E-state index in [0.717, 1.165) is 49.4 Å². The summed E-state index contributed by atoms with van der Waals surface area (Å²) in [4.78, 5) is 15.2. The summed E-state index contributed by atoms with van der Waals surface area (Å²) in [5.41, 5.74) is 2.04. The molecule has 5 nitrogen and oxygen atoms in total. The van der Waals surface area contributed by atoms with Crippen molar-refractivity contribution in [3.8, 4) is 0 Å². The van der Waals surface area contributed by atoms with E-state index in [1.165, 1.54) is 16.7 Å². The van der Waals surface area contributed by atoms with Gasteiger partial charge in [-0.1, -0.05) is 12.1 Å². The second-order valence-electron chi connectivity index (χ2n) is 7.65. The molecule has 0 bridgehead atoms. The lowest BCUT2D eigenvalue weighted by Crippen LogP contribution is -2.43. The molecular formula is C21H26ClNO4S2. The van der Waals surface area contributed by atoms with Gasteiger partial charge >= 0.3 is 0 Å². The fourth-order valence-corrected chi connectivity index (χ4v) is 6.05. The highest BCUT2D eigenvalue weighted by Crippen LogP contribution is 2.44. The first-order chi connectivity index (χ1) is 13.4. The van der Waals surface area contributed by atoms with Crippen molar-refractivity contribution < 1.29 is 17.9 Å². The lowest BCUT2D eigenvalue weighted by Gasteiger charge is -2.40. The monoisotopic (exact) mass is 455 g/mol. The maximum absolute atomic E-state index is 12.8. The molecule has 2 aromatic rings. The van der Waals surface area contributed by atoms with Crippen LogP contribution in [-0.2, 0) is 33.0 Å². The third-order valence-corrected chi connectivity index (χ3v) is 8.18. The van der Waals surface area contributed by atoms with Crippen LogP contribution in [0.25, 0.3) is 0 Å². The van der Waals surface area contributed by atoms with E-state index in [2.05, 4.69) is 11.4 Å². The number of benzene rings is 1. The smallest absolute Gasteiger partial charge is 0.175 e. The number of sulfone groups is 1. The van der Waals surface area contributed by atoms with Gasteiger partial charge in [0.1, 0.15) is 5.60 Å². The lowest BCUT2D eigenvalue weighted by molar-refractivity contribution is -0.0771. The highest BCUT2D eigenvalue weighted by molar-refractivity contribution is 7.90. The van der Waals surface area contributed by atoms with Gasteiger partial charge in [-0.15, -0.1) is 23.7 Å². The molecule has 0 unspecified atom stereocenters. The summed E-state index contributed by atoms with van der Waals surface area (Å²) in [6, 6.07) is 8.87. The molecule has 1 spiro atoms. The van der Waals surface area contributed by atoms with Gasteiger partial charge in [-0.3, -0.25) is 4.79 Å². The topological polar surface area (TPSA) is 72.5 Å². The van der Waals surface area contributed by atoms with E-state index >= 15 is 0 Å². The van der Waals surface area contributed by atoms with Crippen LogP contribution in [0.3, 0.4) is 0 Å². The van der Waals surface area contributed by atoms with Crippen molar-refractivity contribution in [3.63, 3.8) is 0 Å². The third-order valence-electron chi connectivity index (χ3n) is 5.65. The second kappa shape index (κ2) is 8.86. The van der Waals surface area contributed by atoms with E-state index in [4.69, 9.17) is 4.74 Å². The van der Waals surface area contributed by atoms with Gasteiger partial charge in [-0.05, 0) is 68.1 Å². The first kappa shape index (κ1) is 22.4. The predicted octanol–water partition coefficient (Wildman–Crippen LogP) is 3.54. The summed E-state index contributed by atoms with van der Waals surface area (Å²) in [7, 11) is -3.19. The van der Waals surface area contributed by atoms with Crippen molar-refractivity contribution in [3.05, 3.63) is 51.2 Å². The summed E-state index contributed by atoms with van der Waals surface area (Å²) in [5.74, 6) is 0.149. The number of ketones is 1. The Morgan fingerprint density at radius 1 is 1.21 bits per heavy atom. The van der Waals surface area contributed by atoms with Crippen LogP contribution in [0.2, 0.25) is 0 Å². The molecule has 29 heavy (non-hydrogen) atoms. The van der Waals surface area contributed by atoms with Crippen LogP contribution < -0.4 is 5.32 Å². The van der Waals surface area contributed by atoms with Crippen LogP contribution in [0.1, 0.15) is 44.9 Å². The van der Waals surface area contributed by atoms with Crippen molar-refractivity contribution >= 4 is 39.4 Å².